The zero-order chi connectivity index (χ0) is 12.7. The summed E-state index contributed by atoms with van der Waals surface area (Å²) in [5.74, 6) is 0.0300. The number of benzene rings is 1. The minimum atomic E-state index is -0.394. The maximum Gasteiger partial charge on any atom is 0.191 e. The Kier molecular flexibility index (Phi) is 5.87. The number of carbonyl (C=O) groups is 1. The second kappa shape index (κ2) is 7.20. The van der Waals surface area contributed by atoms with Gasteiger partial charge in [-0.2, -0.15) is 0 Å². The summed E-state index contributed by atoms with van der Waals surface area (Å²) in [6, 6.07) is 7.55. The molecule has 0 fully saturated rings. The lowest BCUT2D eigenvalue weighted by Gasteiger charge is -2.12. The molecule has 0 radical (unpaired) electrons. The van der Waals surface area contributed by atoms with Gasteiger partial charge >= 0.3 is 0 Å². The smallest absolute Gasteiger partial charge is 0.191 e. The van der Waals surface area contributed by atoms with Crippen LogP contribution in [0.25, 0.3) is 0 Å². The number of aryl methyl sites for hydroxylation is 1. The Labute approximate surface area is 103 Å². The molecule has 1 rings (SSSR count). The van der Waals surface area contributed by atoms with Crippen LogP contribution in [0, 0.1) is 6.92 Å². The van der Waals surface area contributed by atoms with Gasteiger partial charge in [0.05, 0.1) is 0 Å². The molecule has 0 heterocycles. The standard InChI is InChI=1S/C14H20O3/c1-11-5-7-13(8-6-11)14(15)12(2)17-10-4-9-16-3/h5-8,12H,4,9-10H2,1-3H3. The molecule has 1 unspecified atom stereocenters. The Morgan fingerprint density at radius 1 is 1.24 bits per heavy atom. The van der Waals surface area contributed by atoms with Crippen molar-refractivity contribution in [3.8, 4) is 0 Å². The lowest BCUT2D eigenvalue weighted by molar-refractivity contribution is 0.0404. The van der Waals surface area contributed by atoms with Gasteiger partial charge in [0.2, 0.25) is 0 Å². The predicted octanol–water partition coefficient (Wildman–Crippen LogP) is 2.62. The third kappa shape index (κ3) is 4.67. The predicted molar refractivity (Wildman–Crippen MR) is 67.4 cm³/mol. The van der Waals surface area contributed by atoms with E-state index < -0.39 is 6.10 Å². The molecule has 0 saturated heterocycles. The van der Waals surface area contributed by atoms with E-state index >= 15 is 0 Å². The molecule has 94 valence electrons. The van der Waals surface area contributed by atoms with Crippen LogP contribution in [0.3, 0.4) is 0 Å². The van der Waals surface area contributed by atoms with Crippen molar-refractivity contribution in [1.29, 1.82) is 0 Å². The number of hydrogen-bond donors (Lipinski definition) is 0. The molecule has 0 bridgehead atoms. The summed E-state index contributed by atoms with van der Waals surface area (Å²) in [5, 5.41) is 0. The van der Waals surface area contributed by atoms with Crippen LogP contribution in [0.1, 0.15) is 29.3 Å². The number of carbonyl (C=O) groups excluding carboxylic acids is 1. The van der Waals surface area contributed by atoms with Crippen LogP contribution in [0.5, 0.6) is 0 Å². The fourth-order valence-corrected chi connectivity index (χ4v) is 1.49. The minimum absolute atomic E-state index is 0.0300. The van der Waals surface area contributed by atoms with Gasteiger partial charge in [0.25, 0.3) is 0 Å². The highest BCUT2D eigenvalue weighted by molar-refractivity contribution is 5.99. The number of methoxy groups -OCH3 is 1. The van der Waals surface area contributed by atoms with Gasteiger partial charge in [-0.25, -0.2) is 0 Å². The van der Waals surface area contributed by atoms with E-state index in [1.807, 2.05) is 31.2 Å². The molecule has 3 heteroatoms. The highest BCUT2D eigenvalue weighted by atomic mass is 16.5. The number of Topliss-reactive ketones (excluding diaryl/α,β-unsaturated/α-hetero) is 1. The Hall–Kier alpha value is -1.19. The first-order valence-corrected chi connectivity index (χ1v) is 5.86. The van der Waals surface area contributed by atoms with Crippen LogP contribution < -0.4 is 0 Å². The summed E-state index contributed by atoms with van der Waals surface area (Å²) in [5.41, 5.74) is 1.85. The number of ether oxygens (including phenoxy) is 2. The second-order valence-corrected chi connectivity index (χ2v) is 4.09. The van der Waals surface area contributed by atoms with Gasteiger partial charge in [-0.1, -0.05) is 29.8 Å². The Bertz CT molecular complexity index is 343. The number of rotatable bonds is 7. The van der Waals surface area contributed by atoms with Gasteiger partial charge in [0.15, 0.2) is 5.78 Å². The van der Waals surface area contributed by atoms with Crippen molar-refractivity contribution >= 4 is 5.78 Å². The Balaban J connectivity index is 2.43. The van der Waals surface area contributed by atoms with Gasteiger partial charge in [-0.3, -0.25) is 4.79 Å². The molecule has 1 atom stereocenters. The van der Waals surface area contributed by atoms with E-state index in [4.69, 9.17) is 9.47 Å². The van der Waals surface area contributed by atoms with E-state index in [0.717, 1.165) is 12.0 Å². The number of ketones is 1. The molecule has 0 aliphatic carbocycles. The monoisotopic (exact) mass is 236 g/mol. The van der Waals surface area contributed by atoms with Crippen LogP contribution in [0.15, 0.2) is 24.3 Å². The summed E-state index contributed by atoms with van der Waals surface area (Å²) in [4.78, 5) is 12.0. The van der Waals surface area contributed by atoms with Crippen molar-refractivity contribution in [2.45, 2.75) is 26.4 Å². The van der Waals surface area contributed by atoms with Crippen molar-refractivity contribution in [1.82, 2.24) is 0 Å². The van der Waals surface area contributed by atoms with Gasteiger partial charge in [0, 0.05) is 25.9 Å². The average Bonchev–Trinajstić information content (AvgIpc) is 2.34. The van der Waals surface area contributed by atoms with E-state index in [2.05, 4.69) is 0 Å². The molecule has 3 nitrogen and oxygen atoms in total. The first kappa shape index (κ1) is 13.9. The van der Waals surface area contributed by atoms with Crippen molar-refractivity contribution in [3.05, 3.63) is 35.4 Å². The van der Waals surface area contributed by atoms with Crippen molar-refractivity contribution in [3.63, 3.8) is 0 Å². The fourth-order valence-electron chi connectivity index (χ4n) is 1.49. The number of hydrogen-bond acceptors (Lipinski definition) is 3. The van der Waals surface area contributed by atoms with Crippen LogP contribution >= 0.6 is 0 Å². The molecule has 1 aromatic carbocycles. The van der Waals surface area contributed by atoms with Crippen LogP contribution in [-0.2, 0) is 9.47 Å². The largest absolute Gasteiger partial charge is 0.385 e. The molecule has 0 spiro atoms. The molecule has 0 aromatic heterocycles. The molecule has 0 N–H and O–H groups in total. The van der Waals surface area contributed by atoms with Crippen LogP contribution in [0.2, 0.25) is 0 Å². The maximum atomic E-state index is 12.0. The van der Waals surface area contributed by atoms with E-state index in [0.29, 0.717) is 18.8 Å². The quantitative estimate of drug-likeness (QED) is 0.539. The molecule has 0 aliphatic heterocycles. The van der Waals surface area contributed by atoms with Crippen molar-refractivity contribution in [2.75, 3.05) is 20.3 Å². The van der Waals surface area contributed by atoms with E-state index in [-0.39, 0.29) is 5.78 Å². The molecule has 0 amide bonds. The molecular weight excluding hydrogens is 216 g/mol. The fraction of sp³-hybridized carbons (Fsp3) is 0.500. The van der Waals surface area contributed by atoms with Crippen molar-refractivity contribution in [2.24, 2.45) is 0 Å². The van der Waals surface area contributed by atoms with Gasteiger partial charge < -0.3 is 9.47 Å². The highest BCUT2D eigenvalue weighted by Crippen LogP contribution is 2.08. The summed E-state index contributed by atoms with van der Waals surface area (Å²) < 4.78 is 10.4. The van der Waals surface area contributed by atoms with Gasteiger partial charge in [-0.05, 0) is 20.3 Å². The molecule has 1 aromatic rings. The lowest BCUT2D eigenvalue weighted by Crippen LogP contribution is -2.21. The minimum Gasteiger partial charge on any atom is -0.385 e. The first-order chi connectivity index (χ1) is 8.15. The van der Waals surface area contributed by atoms with Crippen LogP contribution in [0.4, 0.5) is 0 Å². The normalized spacial score (nSPS) is 12.4. The summed E-state index contributed by atoms with van der Waals surface area (Å²) >= 11 is 0. The molecular formula is C14H20O3. The van der Waals surface area contributed by atoms with Gasteiger partial charge in [-0.15, -0.1) is 0 Å². The third-order valence-electron chi connectivity index (χ3n) is 2.57. The maximum absolute atomic E-state index is 12.0. The summed E-state index contributed by atoms with van der Waals surface area (Å²) in [7, 11) is 1.65. The van der Waals surface area contributed by atoms with Crippen molar-refractivity contribution < 1.29 is 14.3 Å². The highest BCUT2D eigenvalue weighted by Gasteiger charge is 2.14. The lowest BCUT2D eigenvalue weighted by atomic mass is 10.1. The van der Waals surface area contributed by atoms with E-state index in [1.165, 1.54) is 0 Å². The molecule has 17 heavy (non-hydrogen) atoms. The molecule has 0 saturated carbocycles. The van der Waals surface area contributed by atoms with Gasteiger partial charge in [0.1, 0.15) is 6.10 Å². The zero-order valence-corrected chi connectivity index (χ0v) is 10.7. The second-order valence-electron chi connectivity index (χ2n) is 4.09. The third-order valence-corrected chi connectivity index (χ3v) is 2.57. The van der Waals surface area contributed by atoms with E-state index in [1.54, 1.807) is 14.0 Å². The molecule has 0 aliphatic rings. The topological polar surface area (TPSA) is 35.5 Å². The van der Waals surface area contributed by atoms with E-state index in [9.17, 15) is 4.79 Å². The first-order valence-electron chi connectivity index (χ1n) is 5.86. The summed E-state index contributed by atoms with van der Waals surface area (Å²) in [6.07, 6.45) is 0.414. The average molecular weight is 236 g/mol. The summed E-state index contributed by atoms with van der Waals surface area (Å²) in [6.45, 7) is 4.99. The van der Waals surface area contributed by atoms with Crippen LogP contribution in [-0.4, -0.2) is 32.2 Å². The SMILES string of the molecule is COCCCOC(C)C(=O)c1ccc(C)cc1. The Morgan fingerprint density at radius 3 is 2.47 bits per heavy atom. The zero-order valence-electron chi connectivity index (χ0n) is 10.7. The Morgan fingerprint density at radius 2 is 1.88 bits per heavy atom.